The molecule has 1 aromatic rings. The summed E-state index contributed by atoms with van der Waals surface area (Å²) in [6, 6.07) is 6.27. The third-order valence-electron chi connectivity index (χ3n) is 2.83. The summed E-state index contributed by atoms with van der Waals surface area (Å²) < 4.78 is 0. The number of imide groups is 1. The molecule has 0 fully saturated rings. The van der Waals surface area contributed by atoms with E-state index in [0.29, 0.717) is 10.8 Å². The van der Waals surface area contributed by atoms with E-state index in [2.05, 4.69) is 0 Å². The molecule has 1 heterocycles. The van der Waals surface area contributed by atoms with Crippen LogP contribution in [0.1, 0.15) is 34.6 Å². The number of nitrogens with zero attached hydrogens (tertiary/aromatic N) is 1. The van der Waals surface area contributed by atoms with Crippen molar-refractivity contribution in [1.29, 1.82) is 0 Å². The van der Waals surface area contributed by atoms with Crippen LogP contribution in [0, 0.1) is 0 Å². The fourth-order valence-electron chi connectivity index (χ4n) is 1.83. The predicted octanol–water partition coefficient (Wildman–Crippen LogP) is 1.77. The summed E-state index contributed by atoms with van der Waals surface area (Å²) in [5.41, 5.74) is 0.429. The van der Waals surface area contributed by atoms with Crippen LogP contribution < -0.4 is 0 Å². The number of carboxylic acids is 1. The summed E-state index contributed by atoms with van der Waals surface area (Å²) in [6.45, 7) is 3.07. The minimum Gasteiger partial charge on any atom is -0.478 e. The molecule has 0 spiro atoms. The molecule has 1 aliphatic rings. The van der Waals surface area contributed by atoms with Gasteiger partial charge in [-0.3, -0.25) is 9.59 Å². The smallest absolute Gasteiger partial charge is 0.349 e. The number of carbonyl (C=O) groups excluding carboxylic acids is 2. The van der Waals surface area contributed by atoms with Crippen molar-refractivity contribution in [3.05, 3.63) is 35.4 Å². The molecular weight excluding hydrogens is 282 g/mol. The van der Waals surface area contributed by atoms with E-state index in [4.69, 9.17) is 4.84 Å². The zero-order valence-electron chi connectivity index (χ0n) is 11.0. The monoisotopic (exact) mass is 295 g/mol. The number of amides is 2. The molecule has 2 rings (SSSR count). The first-order valence-electron chi connectivity index (χ1n) is 5.95. The Balaban J connectivity index is 2.30. The number of aliphatic carboxylic acids is 1. The molecule has 1 N–H and O–H groups in total. The SMILES string of the molecule is CCSC(C)(ON1C(=O)c2ccccc2C1=O)C(=O)O. The molecule has 1 atom stereocenters. The highest BCUT2D eigenvalue weighted by molar-refractivity contribution is 8.01. The molecule has 0 saturated heterocycles. The first-order valence-corrected chi connectivity index (χ1v) is 6.93. The third-order valence-corrected chi connectivity index (χ3v) is 3.92. The second kappa shape index (κ2) is 5.26. The number of hydrogen-bond acceptors (Lipinski definition) is 5. The van der Waals surface area contributed by atoms with Gasteiger partial charge in [0.15, 0.2) is 0 Å². The maximum absolute atomic E-state index is 12.1. The molecule has 106 valence electrons. The second-order valence-corrected chi connectivity index (χ2v) is 5.87. The molecule has 1 aliphatic heterocycles. The lowest BCUT2D eigenvalue weighted by Gasteiger charge is -2.27. The quantitative estimate of drug-likeness (QED) is 0.658. The number of fused-ring (bicyclic) bond motifs is 1. The van der Waals surface area contributed by atoms with Crippen molar-refractivity contribution in [1.82, 2.24) is 5.06 Å². The summed E-state index contributed by atoms with van der Waals surface area (Å²) in [6.07, 6.45) is 0. The Labute approximate surface area is 119 Å². The van der Waals surface area contributed by atoms with Gasteiger partial charge in [-0.05, 0) is 24.8 Å². The van der Waals surface area contributed by atoms with Crippen molar-refractivity contribution in [2.75, 3.05) is 5.75 Å². The van der Waals surface area contributed by atoms with Gasteiger partial charge in [0, 0.05) is 0 Å². The Kier molecular flexibility index (Phi) is 3.82. The first-order chi connectivity index (χ1) is 9.40. The molecule has 20 heavy (non-hydrogen) atoms. The third kappa shape index (κ3) is 2.30. The van der Waals surface area contributed by atoms with E-state index < -0.39 is 22.7 Å². The summed E-state index contributed by atoms with van der Waals surface area (Å²) >= 11 is 0.989. The first kappa shape index (κ1) is 14.5. The average molecular weight is 295 g/mol. The van der Waals surface area contributed by atoms with Crippen molar-refractivity contribution in [3.63, 3.8) is 0 Å². The minimum atomic E-state index is -1.69. The van der Waals surface area contributed by atoms with E-state index in [1.807, 2.05) is 0 Å². The van der Waals surface area contributed by atoms with Crippen molar-refractivity contribution < 1.29 is 24.3 Å². The van der Waals surface area contributed by atoms with Gasteiger partial charge in [-0.15, -0.1) is 16.8 Å². The van der Waals surface area contributed by atoms with Gasteiger partial charge >= 0.3 is 5.97 Å². The van der Waals surface area contributed by atoms with E-state index in [1.165, 1.54) is 19.1 Å². The number of thioether (sulfide) groups is 1. The largest absolute Gasteiger partial charge is 0.478 e. The van der Waals surface area contributed by atoms with Gasteiger partial charge in [-0.2, -0.15) is 0 Å². The fourth-order valence-corrected chi connectivity index (χ4v) is 2.63. The maximum Gasteiger partial charge on any atom is 0.349 e. The summed E-state index contributed by atoms with van der Waals surface area (Å²) in [7, 11) is 0. The lowest BCUT2D eigenvalue weighted by atomic mass is 10.1. The van der Waals surface area contributed by atoms with Crippen LogP contribution >= 0.6 is 11.8 Å². The van der Waals surface area contributed by atoms with Gasteiger partial charge in [0.05, 0.1) is 11.1 Å². The number of carbonyl (C=O) groups is 3. The molecule has 7 heteroatoms. The van der Waals surface area contributed by atoms with Crippen molar-refractivity contribution in [2.24, 2.45) is 0 Å². The molecule has 1 aromatic carbocycles. The van der Waals surface area contributed by atoms with Crippen molar-refractivity contribution >= 4 is 29.5 Å². The number of rotatable bonds is 5. The number of hydrogen-bond donors (Lipinski definition) is 1. The highest BCUT2D eigenvalue weighted by Gasteiger charge is 2.45. The molecular formula is C13H13NO5S. The highest BCUT2D eigenvalue weighted by Crippen LogP contribution is 2.32. The molecule has 0 saturated carbocycles. The Hall–Kier alpha value is -1.86. The van der Waals surface area contributed by atoms with Crippen LogP contribution in [-0.2, 0) is 9.63 Å². The van der Waals surface area contributed by atoms with E-state index >= 15 is 0 Å². The average Bonchev–Trinajstić information content (AvgIpc) is 2.65. The van der Waals surface area contributed by atoms with Gasteiger partial charge in [-0.25, -0.2) is 9.63 Å². The van der Waals surface area contributed by atoms with Gasteiger partial charge < -0.3 is 5.11 Å². The van der Waals surface area contributed by atoms with Gasteiger partial charge in [-0.1, -0.05) is 19.1 Å². The molecule has 0 radical (unpaired) electrons. The number of benzene rings is 1. The van der Waals surface area contributed by atoms with Crippen LogP contribution in [0.25, 0.3) is 0 Å². The van der Waals surface area contributed by atoms with Crippen LogP contribution in [0.3, 0.4) is 0 Å². The summed E-state index contributed by atoms with van der Waals surface area (Å²) in [4.78, 5) is 39.0. The van der Waals surface area contributed by atoms with Crippen LogP contribution in [0.2, 0.25) is 0 Å². The molecule has 1 unspecified atom stereocenters. The van der Waals surface area contributed by atoms with E-state index in [9.17, 15) is 19.5 Å². The number of carboxylic acid groups (broad SMARTS) is 1. The normalized spacial score (nSPS) is 17.0. The van der Waals surface area contributed by atoms with E-state index in [-0.39, 0.29) is 11.1 Å². The Morgan fingerprint density at radius 2 is 1.80 bits per heavy atom. The highest BCUT2D eigenvalue weighted by atomic mass is 32.2. The Bertz CT molecular complexity index is 553. The minimum absolute atomic E-state index is 0.215. The van der Waals surface area contributed by atoms with Crippen molar-refractivity contribution in [2.45, 2.75) is 18.8 Å². The Morgan fingerprint density at radius 1 is 1.30 bits per heavy atom. The second-order valence-electron chi connectivity index (χ2n) is 4.23. The fraction of sp³-hybridized carbons (Fsp3) is 0.308. The molecule has 2 amide bonds. The lowest BCUT2D eigenvalue weighted by molar-refractivity contribution is -0.179. The summed E-state index contributed by atoms with van der Waals surface area (Å²) in [5.74, 6) is -2.07. The van der Waals surface area contributed by atoms with Gasteiger partial charge in [0.1, 0.15) is 0 Å². The number of hydroxylamine groups is 2. The standard InChI is InChI=1S/C13H13NO5S/c1-3-20-13(2,12(17)18)19-14-10(15)8-6-4-5-7-9(8)11(14)16/h4-7H,3H2,1-2H3,(H,17,18). The van der Waals surface area contributed by atoms with Gasteiger partial charge in [0.2, 0.25) is 4.93 Å². The van der Waals surface area contributed by atoms with Crippen LogP contribution in [0.5, 0.6) is 0 Å². The summed E-state index contributed by atoms with van der Waals surface area (Å²) in [5, 5.41) is 9.75. The van der Waals surface area contributed by atoms with Crippen LogP contribution in [0.15, 0.2) is 24.3 Å². The topological polar surface area (TPSA) is 83.9 Å². The Morgan fingerprint density at radius 3 is 2.20 bits per heavy atom. The van der Waals surface area contributed by atoms with E-state index in [0.717, 1.165) is 11.8 Å². The molecule has 0 aliphatic carbocycles. The maximum atomic E-state index is 12.1. The molecule has 0 aromatic heterocycles. The van der Waals surface area contributed by atoms with Crippen LogP contribution in [0.4, 0.5) is 0 Å². The molecule has 6 nitrogen and oxygen atoms in total. The zero-order chi connectivity index (χ0) is 14.9. The zero-order valence-corrected chi connectivity index (χ0v) is 11.8. The van der Waals surface area contributed by atoms with Crippen LogP contribution in [-0.4, -0.2) is 38.6 Å². The molecule has 0 bridgehead atoms. The van der Waals surface area contributed by atoms with Crippen molar-refractivity contribution in [3.8, 4) is 0 Å². The predicted molar refractivity (Wildman–Crippen MR) is 72.2 cm³/mol. The van der Waals surface area contributed by atoms with Gasteiger partial charge in [0.25, 0.3) is 11.8 Å². The van der Waals surface area contributed by atoms with E-state index in [1.54, 1.807) is 19.1 Å². The lowest BCUT2D eigenvalue weighted by Crippen LogP contribution is -2.44.